The highest BCUT2D eigenvalue weighted by atomic mass is 16.7. The Bertz CT molecular complexity index is 143. The molecule has 0 radical (unpaired) electrons. The molecule has 5 nitrogen and oxygen atoms in total. The van der Waals surface area contributed by atoms with E-state index < -0.39 is 18.4 Å². The maximum absolute atomic E-state index is 10.7. The second kappa shape index (κ2) is 6.82. The first kappa shape index (κ1) is 12.3. The molecule has 0 aromatic carbocycles. The predicted octanol–water partition coefficient (Wildman–Crippen LogP) is -0.0806. The molecule has 5 heteroatoms. The molecule has 0 saturated heterocycles. The van der Waals surface area contributed by atoms with Crippen molar-refractivity contribution >= 4 is 5.97 Å². The van der Waals surface area contributed by atoms with Crippen molar-refractivity contribution in [2.24, 2.45) is 0 Å². The topological polar surface area (TPSA) is 65.0 Å². The second-order valence-electron chi connectivity index (χ2n) is 2.57. The van der Waals surface area contributed by atoms with Crippen LogP contribution in [-0.2, 0) is 19.0 Å². The summed E-state index contributed by atoms with van der Waals surface area (Å²) in [5.74, 6) is -0.446. The third kappa shape index (κ3) is 5.57. The Labute approximate surface area is 77.6 Å². The molecule has 0 bridgehead atoms. The van der Waals surface area contributed by atoms with Gasteiger partial charge in [-0.1, -0.05) is 0 Å². The lowest BCUT2D eigenvalue weighted by Crippen LogP contribution is -2.23. The molecular weight excluding hydrogens is 176 g/mol. The molecule has 1 N–H and O–H groups in total. The fraction of sp³-hybridized carbons (Fsp3) is 0.875. The highest BCUT2D eigenvalue weighted by molar-refractivity contribution is 5.69. The van der Waals surface area contributed by atoms with E-state index in [9.17, 15) is 9.90 Å². The summed E-state index contributed by atoms with van der Waals surface area (Å²) in [6, 6.07) is 0. The first-order valence-corrected chi connectivity index (χ1v) is 3.94. The van der Waals surface area contributed by atoms with Crippen molar-refractivity contribution < 1.29 is 24.1 Å². The second-order valence-corrected chi connectivity index (χ2v) is 2.57. The van der Waals surface area contributed by atoms with E-state index in [0.29, 0.717) is 0 Å². The van der Waals surface area contributed by atoms with E-state index in [-0.39, 0.29) is 12.8 Å². The molecule has 0 aliphatic carbocycles. The van der Waals surface area contributed by atoms with Gasteiger partial charge in [-0.15, -0.1) is 0 Å². The van der Waals surface area contributed by atoms with Crippen LogP contribution < -0.4 is 0 Å². The number of rotatable bonds is 6. The SMILES string of the molecule is COC(=O)C[C@@H](O)CC(OC)OC. The standard InChI is InChI=1S/C8H16O5/c1-11-7(10)4-6(9)5-8(12-2)13-3/h6,8-9H,4-5H2,1-3H3/t6-/m1/s1. The van der Waals surface area contributed by atoms with E-state index in [1.54, 1.807) is 0 Å². The Balaban J connectivity index is 3.71. The average Bonchev–Trinajstić information content (AvgIpc) is 2.13. The summed E-state index contributed by atoms with van der Waals surface area (Å²) in [5, 5.41) is 9.32. The van der Waals surface area contributed by atoms with Gasteiger partial charge in [0.25, 0.3) is 0 Å². The molecule has 0 unspecified atom stereocenters. The lowest BCUT2D eigenvalue weighted by Gasteiger charge is -2.16. The number of carbonyl (C=O) groups excluding carboxylic acids is 1. The fourth-order valence-corrected chi connectivity index (χ4v) is 0.870. The molecule has 13 heavy (non-hydrogen) atoms. The Morgan fingerprint density at radius 3 is 2.23 bits per heavy atom. The van der Waals surface area contributed by atoms with E-state index >= 15 is 0 Å². The number of hydrogen-bond donors (Lipinski definition) is 1. The van der Waals surface area contributed by atoms with Crippen LogP contribution in [0.2, 0.25) is 0 Å². The summed E-state index contributed by atoms with van der Waals surface area (Å²) in [6.07, 6.45) is -1.07. The molecule has 0 aliphatic heterocycles. The van der Waals surface area contributed by atoms with Crippen LogP contribution in [0.1, 0.15) is 12.8 Å². The largest absolute Gasteiger partial charge is 0.469 e. The van der Waals surface area contributed by atoms with Crippen LogP contribution in [0.15, 0.2) is 0 Å². The minimum Gasteiger partial charge on any atom is -0.469 e. The minimum atomic E-state index is -0.794. The summed E-state index contributed by atoms with van der Waals surface area (Å²) < 4.78 is 14.1. The minimum absolute atomic E-state index is 0.0419. The van der Waals surface area contributed by atoms with E-state index in [1.807, 2.05) is 0 Å². The van der Waals surface area contributed by atoms with Crippen LogP contribution >= 0.6 is 0 Å². The molecular formula is C8H16O5. The molecule has 0 amide bonds. The van der Waals surface area contributed by atoms with Gasteiger partial charge in [0, 0.05) is 20.6 Å². The van der Waals surface area contributed by atoms with E-state index in [0.717, 1.165) is 0 Å². The molecule has 1 atom stereocenters. The van der Waals surface area contributed by atoms with Crippen molar-refractivity contribution in [3.8, 4) is 0 Å². The fourth-order valence-electron chi connectivity index (χ4n) is 0.870. The number of ether oxygens (including phenoxy) is 3. The average molecular weight is 192 g/mol. The molecule has 78 valence electrons. The van der Waals surface area contributed by atoms with Gasteiger partial charge in [0.2, 0.25) is 0 Å². The highest BCUT2D eigenvalue weighted by Gasteiger charge is 2.16. The maximum Gasteiger partial charge on any atom is 0.308 e. The van der Waals surface area contributed by atoms with Crippen LogP contribution in [0, 0.1) is 0 Å². The van der Waals surface area contributed by atoms with Crippen LogP contribution in [0.25, 0.3) is 0 Å². The Morgan fingerprint density at radius 1 is 1.31 bits per heavy atom. The maximum atomic E-state index is 10.7. The lowest BCUT2D eigenvalue weighted by atomic mass is 10.2. The smallest absolute Gasteiger partial charge is 0.308 e. The van der Waals surface area contributed by atoms with Gasteiger partial charge in [-0.05, 0) is 0 Å². The molecule has 0 spiro atoms. The summed E-state index contributed by atoms with van der Waals surface area (Å²) in [6.45, 7) is 0. The van der Waals surface area contributed by atoms with Crippen LogP contribution in [0.5, 0.6) is 0 Å². The quantitative estimate of drug-likeness (QED) is 0.471. The van der Waals surface area contributed by atoms with E-state index in [1.165, 1.54) is 21.3 Å². The Kier molecular flexibility index (Phi) is 6.48. The summed E-state index contributed by atoms with van der Waals surface area (Å²) >= 11 is 0. The van der Waals surface area contributed by atoms with E-state index in [2.05, 4.69) is 4.74 Å². The number of aliphatic hydroxyl groups is 1. The zero-order valence-electron chi connectivity index (χ0n) is 8.15. The number of aliphatic hydroxyl groups excluding tert-OH is 1. The van der Waals surface area contributed by atoms with Gasteiger partial charge in [-0.25, -0.2) is 0 Å². The van der Waals surface area contributed by atoms with E-state index in [4.69, 9.17) is 9.47 Å². The van der Waals surface area contributed by atoms with Crippen molar-refractivity contribution in [2.75, 3.05) is 21.3 Å². The first-order chi connectivity index (χ1) is 6.13. The van der Waals surface area contributed by atoms with Crippen LogP contribution in [-0.4, -0.2) is 44.8 Å². The van der Waals surface area contributed by atoms with Crippen molar-refractivity contribution in [1.82, 2.24) is 0 Å². The zero-order chi connectivity index (χ0) is 10.3. The first-order valence-electron chi connectivity index (χ1n) is 3.94. The summed E-state index contributed by atoms with van der Waals surface area (Å²) in [7, 11) is 4.22. The monoisotopic (exact) mass is 192 g/mol. The van der Waals surface area contributed by atoms with Gasteiger partial charge in [0.1, 0.15) is 0 Å². The van der Waals surface area contributed by atoms with Crippen LogP contribution in [0.3, 0.4) is 0 Å². The van der Waals surface area contributed by atoms with Gasteiger partial charge < -0.3 is 19.3 Å². The number of carbonyl (C=O) groups is 1. The van der Waals surface area contributed by atoms with Gasteiger partial charge in [-0.3, -0.25) is 4.79 Å². The van der Waals surface area contributed by atoms with Crippen molar-refractivity contribution in [1.29, 1.82) is 0 Å². The molecule has 0 aromatic rings. The molecule has 0 aromatic heterocycles. The van der Waals surface area contributed by atoms with Crippen molar-refractivity contribution in [3.05, 3.63) is 0 Å². The molecule has 0 fully saturated rings. The van der Waals surface area contributed by atoms with Gasteiger partial charge in [0.05, 0.1) is 19.6 Å². The molecule has 0 heterocycles. The zero-order valence-corrected chi connectivity index (χ0v) is 8.15. The molecule has 0 aliphatic rings. The van der Waals surface area contributed by atoms with Gasteiger partial charge >= 0.3 is 5.97 Å². The van der Waals surface area contributed by atoms with Crippen LogP contribution in [0.4, 0.5) is 0 Å². The number of methoxy groups -OCH3 is 3. The number of esters is 1. The number of hydrogen-bond acceptors (Lipinski definition) is 5. The summed E-state index contributed by atoms with van der Waals surface area (Å²) in [4.78, 5) is 10.7. The van der Waals surface area contributed by atoms with Gasteiger partial charge in [0.15, 0.2) is 6.29 Å². The molecule has 0 saturated carbocycles. The normalized spacial score (nSPS) is 13.0. The lowest BCUT2D eigenvalue weighted by molar-refractivity contribution is -0.147. The Morgan fingerprint density at radius 2 is 1.85 bits per heavy atom. The summed E-state index contributed by atoms with van der Waals surface area (Å²) in [5.41, 5.74) is 0. The third-order valence-electron chi connectivity index (χ3n) is 1.62. The third-order valence-corrected chi connectivity index (χ3v) is 1.62. The van der Waals surface area contributed by atoms with Crippen molar-refractivity contribution in [3.63, 3.8) is 0 Å². The Hall–Kier alpha value is -0.650. The van der Waals surface area contributed by atoms with Gasteiger partial charge in [-0.2, -0.15) is 0 Å². The molecule has 0 rings (SSSR count). The highest BCUT2D eigenvalue weighted by Crippen LogP contribution is 2.06. The predicted molar refractivity (Wildman–Crippen MR) is 45.1 cm³/mol. The van der Waals surface area contributed by atoms with Crippen molar-refractivity contribution in [2.45, 2.75) is 25.2 Å².